The molecular weight excluding hydrogens is 282 g/mol. The normalized spacial score (nSPS) is 13.0. The van der Waals surface area contributed by atoms with Gasteiger partial charge in [-0.2, -0.15) is 0 Å². The van der Waals surface area contributed by atoms with Crippen molar-refractivity contribution in [3.63, 3.8) is 0 Å². The number of rotatable bonds is 6. The number of carbonyl (C=O) groups excluding carboxylic acids is 1. The summed E-state index contributed by atoms with van der Waals surface area (Å²) in [6.45, 7) is 1.20. The van der Waals surface area contributed by atoms with Crippen LogP contribution in [0.3, 0.4) is 0 Å². The van der Waals surface area contributed by atoms with Crippen LogP contribution in [-0.2, 0) is 15.1 Å². The lowest BCUT2D eigenvalue weighted by Gasteiger charge is -2.26. The van der Waals surface area contributed by atoms with E-state index in [9.17, 15) is 14.7 Å². The lowest BCUT2D eigenvalue weighted by Crippen LogP contribution is -2.50. The molecule has 0 fully saturated rings. The summed E-state index contributed by atoms with van der Waals surface area (Å²) in [5.41, 5.74) is -1.01. The zero-order valence-corrected chi connectivity index (χ0v) is 12.2. The Morgan fingerprint density at radius 3 is 2.14 bits per heavy atom. The molecule has 0 spiro atoms. The molecule has 0 aliphatic carbocycles. The molecule has 1 atom stereocenters. The highest BCUT2D eigenvalue weighted by molar-refractivity contribution is 5.88. The molecule has 5 heteroatoms. The Kier molecular flexibility index (Phi) is 4.78. The van der Waals surface area contributed by atoms with E-state index < -0.39 is 17.4 Å². The van der Waals surface area contributed by atoms with Gasteiger partial charge in [0, 0.05) is 0 Å². The number of carboxylic acid groups (broad SMARTS) is 1. The van der Waals surface area contributed by atoms with Gasteiger partial charge in [0.25, 0.3) is 5.91 Å². The van der Waals surface area contributed by atoms with Crippen LogP contribution in [0.5, 0.6) is 5.75 Å². The van der Waals surface area contributed by atoms with Gasteiger partial charge in [-0.05, 0) is 24.6 Å². The summed E-state index contributed by atoms with van der Waals surface area (Å²) < 4.78 is 5.32. The van der Waals surface area contributed by atoms with Crippen LogP contribution in [0.2, 0.25) is 0 Å². The third kappa shape index (κ3) is 3.63. The van der Waals surface area contributed by atoms with Crippen LogP contribution < -0.4 is 10.1 Å². The van der Waals surface area contributed by atoms with Crippen molar-refractivity contribution in [2.75, 3.05) is 6.61 Å². The molecule has 22 heavy (non-hydrogen) atoms. The van der Waals surface area contributed by atoms with E-state index in [2.05, 4.69) is 5.32 Å². The van der Waals surface area contributed by atoms with E-state index in [0.717, 1.165) is 0 Å². The number of carbonyl (C=O) groups is 2. The molecular formula is C17H17NO4. The second-order valence-corrected chi connectivity index (χ2v) is 4.95. The van der Waals surface area contributed by atoms with Crippen molar-refractivity contribution in [1.82, 2.24) is 5.32 Å². The fraction of sp³-hybridized carbons (Fsp3) is 0.176. The Bertz CT molecular complexity index is 642. The molecule has 5 nitrogen and oxygen atoms in total. The fourth-order valence-corrected chi connectivity index (χ4v) is 2.00. The third-order valence-electron chi connectivity index (χ3n) is 3.28. The Hall–Kier alpha value is -2.82. The standard InChI is InChI=1S/C17H17NO4/c1-17(16(20)21,13-8-4-2-5-9-13)18-15(19)12-22-14-10-6-3-7-11-14/h2-11H,12H2,1H3,(H,18,19)(H,20,21). The summed E-state index contributed by atoms with van der Waals surface area (Å²) in [7, 11) is 0. The average Bonchev–Trinajstić information content (AvgIpc) is 2.54. The predicted molar refractivity (Wildman–Crippen MR) is 81.5 cm³/mol. The van der Waals surface area contributed by atoms with Crippen LogP contribution >= 0.6 is 0 Å². The van der Waals surface area contributed by atoms with Gasteiger partial charge in [0.15, 0.2) is 12.1 Å². The zero-order valence-electron chi connectivity index (χ0n) is 12.2. The Balaban J connectivity index is 2.05. The maximum absolute atomic E-state index is 12.0. The third-order valence-corrected chi connectivity index (χ3v) is 3.28. The molecule has 0 radical (unpaired) electrons. The number of amides is 1. The monoisotopic (exact) mass is 299 g/mol. The van der Waals surface area contributed by atoms with E-state index in [1.165, 1.54) is 6.92 Å². The molecule has 0 saturated heterocycles. The van der Waals surface area contributed by atoms with Gasteiger partial charge in [-0.3, -0.25) is 4.79 Å². The van der Waals surface area contributed by atoms with Crippen LogP contribution in [-0.4, -0.2) is 23.6 Å². The van der Waals surface area contributed by atoms with Crippen molar-refractivity contribution in [1.29, 1.82) is 0 Å². The van der Waals surface area contributed by atoms with Gasteiger partial charge < -0.3 is 15.2 Å². The van der Waals surface area contributed by atoms with Gasteiger partial charge in [0.1, 0.15) is 5.75 Å². The molecule has 2 N–H and O–H groups in total. The summed E-state index contributed by atoms with van der Waals surface area (Å²) in [4.78, 5) is 23.6. The molecule has 2 rings (SSSR count). The first-order chi connectivity index (χ1) is 10.5. The van der Waals surface area contributed by atoms with Gasteiger partial charge in [-0.1, -0.05) is 48.5 Å². The van der Waals surface area contributed by atoms with Gasteiger partial charge in [0.05, 0.1) is 0 Å². The molecule has 0 saturated carbocycles. The van der Waals surface area contributed by atoms with Crippen LogP contribution in [0.4, 0.5) is 0 Å². The van der Waals surface area contributed by atoms with Crippen molar-refractivity contribution in [2.24, 2.45) is 0 Å². The van der Waals surface area contributed by atoms with Crippen molar-refractivity contribution in [2.45, 2.75) is 12.5 Å². The smallest absolute Gasteiger partial charge is 0.333 e. The minimum Gasteiger partial charge on any atom is -0.484 e. The highest BCUT2D eigenvalue weighted by Crippen LogP contribution is 2.20. The minimum atomic E-state index is -1.50. The lowest BCUT2D eigenvalue weighted by molar-refractivity contribution is -0.147. The number of aliphatic carboxylic acids is 1. The number of benzene rings is 2. The summed E-state index contributed by atoms with van der Waals surface area (Å²) in [6, 6.07) is 17.4. The zero-order chi connectivity index (χ0) is 16.0. The van der Waals surface area contributed by atoms with Crippen molar-refractivity contribution in [3.8, 4) is 5.75 Å². The van der Waals surface area contributed by atoms with E-state index in [-0.39, 0.29) is 6.61 Å². The highest BCUT2D eigenvalue weighted by Gasteiger charge is 2.36. The van der Waals surface area contributed by atoms with Gasteiger partial charge >= 0.3 is 5.97 Å². The highest BCUT2D eigenvalue weighted by atomic mass is 16.5. The van der Waals surface area contributed by atoms with Gasteiger partial charge in [-0.15, -0.1) is 0 Å². The molecule has 0 bridgehead atoms. The van der Waals surface area contributed by atoms with Crippen molar-refractivity contribution < 1.29 is 19.4 Å². The molecule has 0 aliphatic rings. The largest absolute Gasteiger partial charge is 0.484 e. The number of ether oxygens (including phenoxy) is 1. The number of para-hydroxylation sites is 1. The number of nitrogens with one attached hydrogen (secondary N) is 1. The van der Waals surface area contributed by atoms with E-state index in [4.69, 9.17) is 4.74 Å². The molecule has 114 valence electrons. The molecule has 2 aromatic rings. The van der Waals surface area contributed by atoms with E-state index in [0.29, 0.717) is 11.3 Å². The molecule has 1 unspecified atom stereocenters. The Morgan fingerprint density at radius 2 is 1.59 bits per heavy atom. The van der Waals surface area contributed by atoms with Crippen LogP contribution in [0.1, 0.15) is 12.5 Å². The summed E-state index contributed by atoms with van der Waals surface area (Å²) in [5.74, 6) is -1.08. The summed E-state index contributed by atoms with van der Waals surface area (Å²) in [5, 5.41) is 12.0. The first-order valence-electron chi connectivity index (χ1n) is 6.80. The second-order valence-electron chi connectivity index (χ2n) is 4.95. The van der Waals surface area contributed by atoms with Crippen LogP contribution in [0, 0.1) is 0 Å². The number of hydrogen-bond acceptors (Lipinski definition) is 3. The second kappa shape index (κ2) is 6.76. The molecule has 1 amide bonds. The number of carboxylic acids is 1. The minimum absolute atomic E-state index is 0.250. The predicted octanol–water partition coefficient (Wildman–Crippen LogP) is 2.18. The van der Waals surface area contributed by atoms with Gasteiger partial charge in [-0.25, -0.2) is 4.79 Å². The molecule has 0 heterocycles. The summed E-state index contributed by atoms with van der Waals surface area (Å²) in [6.07, 6.45) is 0. The Morgan fingerprint density at radius 1 is 1.05 bits per heavy atom. The van der Waals surface area contributed by atoms with Gasteiger partial charge in [0.2, 0.25) is 0 Å². The van der Waals surface area contributed by atoms with E-state index >= 15 is 0 Å². The maximum atomic E-state index is 12.0. The fourth-order valence-electron chi connectivity index (χ4n) is 2.00. The molecule has 0 aromatic heterocycles. The quantitative estimate of drug-likeness (QED) is 0.857. The maximum Gasteiger partial charge on any atom is 0.333 e. The number of hydrogen-bond donors (Lipinski definition) is 2. The Labute approximate surface area is 128 Å². The lowest BCUT2D eigenvalue weighted by atomic mass is 9.92. The van der Waals surface area contributed by atoms with E-state index in [1.807, 2.05) is 6.07 Å². The SMILES string of the molecule is CC(NC(=O)COc1ccccc1)(C(=O)O)c1ccccc1. The van der Waals surface area contributed by atoms with E-state index in [1.54, 1.807) is 54.6 Å². The van der Waals surface area contributed by atoms with Crippen molar-refractivity contribution in [3.05, 3.63) is 66.2 Å². The molecule has 2 aromatic carbocycles. The van der Waals surface area contributed by atoms with Crippen LogP contribution in [0.25, 0.3) is 0 Å². The average molecular weight is 299 g/mol. The van der Waals surface area contributed by atoms with Crippen molar-refractivity contribution >= 4 is 11.9 Å². The molecule has 0 aliphatic heterocycles. The summed E-state index contributed by atoms with van der Waals surface area (Å²) >= 11 is 0. The van der Waals surface area contributed by atoms with Crippen LogP contribution in [0.15, 0.2) is 60.7 Å². The first kappa shape index (κ1) is 15.6. The first-order valence-corrected chi connectivity index (χ1v) is 6.80. The topological polar surface area (TPSA) is 75.6 Å².